The molecule has 1 aliphatic heterocycles. The molecule has 1 aromatic carbocycles. The fraction of sp³-hybridized carbons (Fsp3) is 0.533. The summed E-state index contributed by atoms with van der Waals surface area (Å²) in [6, 6.07) is 5.03. The summed E-state index contributed by atoms with van der Waals surface area (Å²) >= 11 is 5.89. The smallest absolute Gasteiger partial charge is 0.337 e. The largest absolute Gasteiger partial charge is 0.478 e. The zero-order valence-corrected chi connectivity index (χ0v) is 12.4. The van der Waals surface area contributed by atoms with Crippen molar-refractivity contribution in [3.8, 4) is 0 Å². The van der Waals surface area contributed by atoms with E-state index in [0.29, 0.717) is 5.02 Å². The Morgan fingerprint density at radius 2 is 2.35 bits per heavy atom. The van der Waals surface area contributed by atoms with E-state index in [9.17, 15) is 9.90 Å². The molecular formula is C15H20ClNO3. The number of ether oxygens (including phenoxy) is 1. The van der Waals surface area contributed by atoms with Crippen molar-refractivity contribution in [1.29, 1.82) is 0 Å². The maximum Gasteiger partial charge on any atom is 0.337 e. The predicted molar refractivity (Wildman–Crippen MR) is 79.9 cm³/mol. The van der Waals surface area contributed by atoms with Crippen LogP contribution in [0.15, 0.2) is 18.2 Å². The number of hydrogen-bond acceptors (Lipinski definition) is 3. The average Bonchev–Trinajstić information content (AvgIpc) is 2.45. The second-order valence-electron chi connectivity index (χ2n) is 5.05. The normalized spacial score (nSPS) is 19.1. The third kappa shape index (κ3) is 3.64. The molecule has 0 saturated carbocycles. The van der Waals surface area contributed by atoms with E-state index >= 15 is 0 Å². The Hall–Kier alpha value is -1.26. The van der Waals surface area contributed by atoms with Gasteiger partial charge in [0.15, 0.2) is 0 Å². The number of piperidine rings is 1. The molecule has 1 unspecified atom stereocenters. The highest BCUT2D eigenvalue weighted by atomic mass is 35.5. The number of carboxylic acids is 1. The first-order valence-electron chi connectivity index (χ1n) is 7.01. The topological polar surface area (TPSA) is 49.8 Å². The van der Waals surface area contributed by atoms with Gasteiger partial charge in [-0.1, -0.05) is 18.5 Å². The summed E-state index contributed by atoms with van der Waals surface area (Å²) in [7, 11) is 0. The van der Waals surface area contributed by atoms with Gasteiger partial charge in [0.05, 0.1) is 17.4 Å². The third-order valence-corrected chi connectivity index (χ3v) is 3.70. The third-order valence-electron chi connectivity index (χ3n) is 3.47. The van der Waals surface area contributed by atoms with E-state index in [1.807, 2.05) is 0 Å². The maximum atomic E-state index is 11.4. The number of carboxylic acid groups (broad SMARTS) is 1. The van der Waals surface area contributed by atoms with E-state index < -0.39 is 5.97 Å². The lowest BCUT2D eigenvalue weighted by Crippen LogP contribution is -2.40. The number of rotatable bonds is 5. The zero-order valence-electron chi connectivity index (χ0n) is 11.6. The highest BCUT2D eigenvalue weighted by Crippen LogP contribution is 2.27. The van der Waals surface area contributed by atoms with Crippen molar-refractivity contribution in [2.75, 3.05) is 24.6 Å². The van der Waals surface area contributed by atoms with Gasteiger partial charge in [-0.3, -0.25) is 0 Å². The van der Waals surface area contributed by atoms with Gasteiger partial charge in [0.1, 0.15) is 0 Å². The van der Waals surface area contributed by atoms with E-state index in [1.165, 1.54) is 6.07 Å². The first kappa shape index (κ1) is 15.1. The summed E-state index contributed by atoms with van der Waals surface area (Å²) in [5.41, 5.74) is 0.986. The summed E-state index contributed by atoms with van der Waals surface area (Å²) in [6.07, 6.45) is 3.22. The first-order chi connectivity index (χ1) is 9.61. The van der Waals surface area contributed by atoms with Crippen LogP contribution in [-0.4, -0.2) is 36.9 Å². The number of hydrogen-bond donors (Lipinski definition) is 1. The maximum absolute atomic E-state index is 11.4. The number of benzene rings is 1. The van der Waals surface area contributed by atoms with Gasteiger partial charge in [-0.2, -0.15) is 0 Å². The van der Waals surface area contributed by atoms with Gasteiger partial charge in [-0.15, -0.1) is 0 Å². The summed E-state index contributed by atoms with van der Waals surface area (Å²) in [4.78, 5) is 13.4. The van der Waals surface area contributed by atoms with Crippen molar-refractivity contribution < 1.29 is 14.6 Å². The van der Waals surface area contributed by atoms with Crippen LogP contribution in [0.5, 0.6) is 0 Å². The van der Waals surface area contributed by atoms with Crippen LogP contribution < -0.4 is 4.90 Å². The van der Waals surface area contributed by atoms with Crippen molar-refractivity contribution >= 4 is 23.3 Å². The first-order valence-corrected chi connectivity index (χ1v) is 7.39. The van der Waals surface area contributed by atoms with Crippen LogP contribution in [0.2, 0.25) is 5.02 Å². The molecule has 110 valence electrons. The van der Waals surface area contributed by atoms with Crippen molar-refractivity contribution in [3.05, 3.63) is 28.8 Å². The van der Waals surface area contributed by atoms with Crippen LogP contribution in [0.3, 0.4) is 0 Å². The second-order valence-corrected chi connectivity index (χ2v) is 5.48. The van der Waals surface area contributed by atoms with Gasteiger partial charge >= 0.3 is 5.97 Å². The Balaban J connectivity index is 2.16. The molecule has 0 amide bonds. The lowest BCUT2D eigenvalue weighted by molar-refractivity contribution is 0.0439. The predicted octanol–water partition coefficient (Wildman–Crippen LogP) is 3.43. The minimum absolute atomic E-state index is 0.182. The molecule has 1 saturated heterocycles. The monoisotopic (exact) mass is 297 g/mol. The van der Waals surface area contributed by atoms with Gasteiger partial charge in [-0.05, 0) is 37.5 Å². The van der Waals surface area contributed by atoms with Crippen LogP contribution >= 0.6 is 11.6 Å². The van der Waals surface area contributed by atoms with E-state index in [2.05, 4.69) is 11.8 Å². The molecule has 1 N–H and O–H groups in total. The Morgan fingerprint density at radius 1 is 1.55 bits per heavy atom. The minimum atomic E-state index is -0.945. The Labute approximate surface area is 124 Å². The molecule has 1 heterocycles. The highest BCUT2D eigenvalue weighted by Gasteiger charge is 2.24. The fourth-order valence-electron chi connectivity index (χ4n) is 2.53. The Kier molecular flexibility index (Phi) is 5.26. The number of aromatic carboxylic acids is 1. The summed E-state index contributed by atoms with van der Waals surface area (Å²) < 4.78 is 5.79. The number of halogens is 1. The summed E-state index contributed by atoms with van der Waals surface area (Å²) in [5.74, 6) is -0.945. The van der Waals surface area contributed by atoms with Crippen molar-refractivity contribution in [2.45, 2.75) is 32.3 Å². The number of nitrogens with zero attached hydrogens (tertiary/aromatic N) is 1. The number of carbonyl (C=O) groups is 1. The molecule has 0 aliphatic carbocycles. The van der Waals surface area contributed by atoms with Gasteiger partial charge in [0.25, 0.3) is 0 Å². The van der Waals surface area contributed by atoms with E-state index in [1.54, 1.807) is 12.1 Å². The fourth-order valence-corrected chi connectivity index (χ4v) is 2.70. The van der Waals surface area contributed by atoms with E-state index in [4.69, 9.17) is 16.3 Å². The highest BCUT2D eigenvalue weighted by molar-refractivity contribution is 6.31. The molecule has 1 aliphatic rings. The molecule has 2 rings (SSSR count). The molecule has 4 nitrogen and oxygen atoms in total. The van der Waals surface area contributed by atoms with Crippen LogP contribution in [0.4, 0.5) is 5.69 Å². The minimum Gasteiger partial charge on any atom is -0.478 e. The van der Waals surface area contributed by atoms with Gasteiger partial charge in [0, 0.05) is 24.7 Å². The molecule has 0 aromatic heterocycles. The molecular weight excluding hydrogens is 278 g/mol. The molecule has 0 radical (unpaired) electrons. The molecule has 20 heavy (non-hydrogen) atoms. The van der Waals surface area contributed by atoms with Crippen LogP contribution in [-0.2, 0) is 4.74 Å². The zero-order chi connectivity index (χ0) is 14.5. The molecule has 0 bridgehead atoms. The SMILES string of the molecule is CCCOC1CCCN(c2ccc(Cl)cc2C(=O)O)C1. The van der Waals surface area contributed by atoms with Gasteiger partial charge in [0.2, 0.25) is 0 Å². The Morgan fingerprint density at radius 3 is 3.05 bits per heavy atom. The van der Waals surface area contributed by atoms with Crippen LogP contribution in [0.1, 0.15) is 36.5 Å². The standard InChI is InChI=1S/C15H20ClNO3/c1-2-8-20-12-4-3-7-17(10-12)14-6-5-11(16)9-13(14)15(18)19/h5-6,9,12H,2-4,7-8,10H2,1H3,(H,18,19). The van der Waals surface area contributed by atoms with E-state index in [0.717, 1.165) is 44.6 Å². The molecule has 1 fully saturated rings. The average molecular weight is 298 g/mol. The van der Waals surface area contributed by atoms with Crippen LogP contribution in [0.25, 0.3) is 0 Å². The van der Waals surface area contributed by atoms with Gasteiger partial charge in [-0.25, -0.2) is 4.79 Å². The molecule has 0 spiro atoms. The Bertz CT molecular complexity index is 478. The van der Waals surface area contributed by atoms with Crippen molar-refractivity contribution in [3.63, 3.8) is 0 Å². The van der Waals surface area contributed by atoms with E-state index in [-0.39, 0.29) is 11.7 Å². The quantitative estimate of drug-likeness (QED) is 0.904. The lowest BCUT2D eigenvalue weighted by Gasteiger charge is -2.35. The molecule has 1 atom stereocenters. The molecule has 5 heteroatoms. The number of anilines is 1. The van der Waals surface area contributed by atoms with Crippen LogP contribution in [0, 0.1) is 0 Å². The lowest BCUT2D eigenvalue weighted by atomic mass is 10.0. The summed E-state index contributed by atoms with van der Waals surface area (Å²) in [6.45, 7) is 4.43. The second kappa shape index (κ2) is 6.95. The molecule has 1 aromatic rings. The van der Waals surface area contributed by atoms with Crippen molar-refractivity contribution in [1.82, 2.24) is 0 Å². The van der Waals surface area contributed by atoms with Crippen molar-refractivity contribution in [2.24, 2.45) is 0 Å². The summed E-state index contributed by atoms with van der Waals surface area (Å²) in [5, 5.41) is 9.76. The van der Waals surface area contributed by atoms with Gasteiger partial charge < -0.3 is 14.7 Å².